The van der Waals surface area contributed by atoms with Crippen LogP contribution in [0.4, 0.5) is 11.4 Å². The molecule has 4 aromatic rings. The van der Waals surface area contributed by atoms with Gasteiger partial charge in [0, 0.05) is 46.4 Å². The normalized spacial score (nSPS) is 13.1. The number of carbonyl (C=O) groups is 2. The Hall–Kier alpha value is -3.53. The zero-order valence-electron chi connectivity index (χ0n) is 21.0. The molecule has 0 spiro atoms. The molecule has 4 heterocycles. The van der Waals surface area contributed by atoms with Crippen molar-refractivity contribution in [3.8, 4) is 0 Å². The summed E-state index contributed by atoms with van der Waals surface area (Å²) in [6.07, 6.45) is 2.63. The largest absolute Gasteiger partial charge is 0.388 e. The van der Waals surface area contributed by atoms with E-state index in [2.05, 4.69) is 27.2 Å². The van der Waals surface area contributed by atoms with E-state index in [4.69, 9.17) is 14.7 Å². The molecule has 1 unspecified atom stereocenters. The molecule has 5 rings (SSSR count). The van der Waals surface area contributed by atoms with Crippen molar-refractivity contribution in [2.45, 2.75) is 32.1 Å². The maximum atomic E-state index is 13.8. The van der Waals surface area contributed by atoms with E-state index >= 15 is 0 Å². The van der Waals surface area contributed by atoms with Gasteiger partial charge in [0.2, 0.25) is 0 Å². The lowest BCUT2D eigenvalue weighted by atomic mass is 10.0. The number of benzene rings is 1. The van der Waals surface area contributed by atoms with Crippen molar-refractivity contribution in [1.82, 2.24) is 4.40 Å². The van der Waals surface area contributed by atoms with E-state index in [1.54, 1.807) is 11.3 Å². The number of hydrogen-bond donors (Lipinski definition) is 3. The number of carbonyl (C=O) groups excluding carboxylic acids is 2. The zero-order chi connectivity index (χ0) is 26.8. The molecule has 1 atom stereocenters. The van der Waals surface area contributed by atoms with Crippen molar-refractivity contribution >= 4 is 57.5 Å². The van der Waals surface area contributed by atoms with Crippen LogP contribution in [0.1, 0.15) is 35.5 Å². The third kappa shape index (κ3) is 5.48. The predicted octanol–water partition coefficient (Wildman–Crippen LogP) is 5.06. The van der Waals surface area contributed by atoms with Crippen LogP contribution in [0.3, 0.4) is 0 Å². The van der Waals surface area contributed by atoms with Gasteiger partial charge >= 0.3 is 0 Å². The number of fused-ring (bicyclic) bond motifs is 2. The van der Waals surface area contributed by atoms with Gasteiger partial charge in [0.25, 0.3) is 0 Å². The Morgan fingerprint density at radius 1 is 1.08 bits per heavy atom. The number of nitrogens with zero attached hydrogens (tertiary/aromatic N) is 1. The van der Waals surface area contributed by atoms with Gasteiger partial charge in [-0.2, -0.15) is 0 Å². The summed E-state index contributed by atoms with van der Waals surface area (Å²) in [4.78, 5) is 32.8. The van der Waals surface area contributed by atoms with Crippen molar-refractivity contribution in [3.05, 3.63) is 92.0 Å². The molecule has 1 aromatic carbocycles. The first kappa shape index (κ1) is 28.7. The summed E-state index contributed by atoms with van der Waals surface area (Å²) >= 11 is 1.67. The van der Waals surface area contributed by atoms with E-state index in [0.29, 0.717) is 12.0 Å². The minimum atomic E-state index is -0.704. The summed E-state index contributed by atoms with van der Waals surface area (Å²) in [6, 6.07) is 16.2. The molecular formula is C27H32N4O3S2. The summed E-state index contributed by atoms with van der Waals surface area (Å²) in [5.74, 6) is 0. The van der Waals surface area contributed by atoms with E-state index < -0.39 is 10.7 Å². The van der Waals surface area contributed by atoms with E-state index in [1.165, 1.54) is 4.88 Å². The lowest BCUT2D eigenvalue weighted by molar-refractivity contribution is -0.0987. The Bertz CT molecular complexity index is 1410. The number of nitrogens with one attached hydrogen (secondary N) is 2. The molecule has 190 valence electrons. The average molecular weight is 525 g/mol. The summed E-state index contributed by atoms with van der Waals surface area (Å²) in [5, 5.41) is 15.3. The minimum Gasteiger partial charge on any atom is -0.388 e. The molecule has 0 saturated heterocycles. The van der Waals surface area contributed by atoms with Crippen molar-refractivity contribution in [3.63, 3.8) is 0 Å². The Balaban J connectivity index is 0.000000710. The lowest BCUT2D eigenvalue weighted by Gasteiger charge is -2.16. The third-order valence-electron chi connectivity index (χ3n) is 5.53. The Morgan fingerprint density at radius 2 is 1.81 bits per heavy atom. The molecule has 36 heavy (non-hydrogen) atoms. The number of pyridine rings is 2. The Kier molecular flexibility index (Phi) is 10.8. The monoisotopic (exact) mass is 524 g/mol. The van der Waals surface area contributed by atoms with Crippen molar-refractivity contribution in [2.75, 3.05) is 17.7 Å². The topological polar surface area (TPSA) is 106 Å². The first-order valence-corrected chi connectivity index (χ1v) is 13.4. The van der Waals surface area contributed by atoms with Crippen LogP contribution in [0.2, 0.25) is 0 Å². The molecule has 1 aliphatic rings. The second kappa shape index (κ2) is 13.5. The van der Waals surface area contributed by atoms with Gasteiger partial charge in [-0.15, -0.1) is 11.3 Å². The minimum absolute atomic E-state index is 0.0548. The highest BCUT2D eigenvalue weighted by atomic mass is 32.2. The number of anilines is 2. The average Bonchev–Trinajstić information content (AvgIpc) is 3.58. The van der Waals surface area contributed by atoms with Crippen LogP contribution in [0, 0.1) is 6.92 Å². The third-order valence-corrected chi connectivity index (χ3v) is 7.96. The molecule has 3 aromatic heterocycles. The highest BCUT2D eigenvalue weighted by Crippen LogP contribution is 2.39. The van der Waals surface area contributed by atoms with Gasteiger partial charge in [-0.3, -0.25) is 9.93 Å². The molecule has 0 bridgehead atoms. The summed E-state index contributed by atoms with van der Waals surface area (Å²) in [7, 11) is 1.18. The van der Waals surface area contributed by atoms with Gasteiger partial charge in [0.15, 0.2) is 5.43 Å². The summed E-state index contributed by atoms with van der Waals surface area (Å²) in [5.41, 5.74) is 5.35. The van der Waals surface area contributed by atoms with E-state index in [0.717, 1.165) is 38.0 Å². The molecule has 9 heteroatoms. The quantitative estimate of drug-likeness (QED) is 0.322. The number of nitrogens with two attached hydrogens (primary N) is 1. The van der Waals surface area contributed by atoms with Crippen molar-refractivity contribution < 1.29 is 9.59 Å². The molecule has 0 fully saturated rings. The molecule has 4 N–H and O–H groups in total. The van der Waals surface area contributed by atoms with Crippen LogP contribution in [0.5, 0.6) is 0 Å². The molecule has 1 aliphatic heterocycles. The maximum absolute atomic E-state index is 13.8. The molecule has 0 saturated carbocycles. The fraction of sp³-hybridized carbons (Fsp3) is 0.185. The van der Waals surface area contributed by atoms with Crippen molar-refractivity contribution in [1.29, 1.82) is 0 Å². The van der Waals surface area contributed by atoms with Crippen LogP contribution < -0.4 is 21.2 Å². The Morgan fingerprint density at radius 3 is 2.44 bits per heavy atom. The van der Waals surface area contributed by atoms with Gasteiger partial charge in [-0.05, 0) is 48.7 Å². The van der Waals surface area contributed by atoms with Crippen LogP contribution in [0.15, 0.2) is 69.8 Å². The van der Waals surface area contributed by atoms with Gasteiger partial charge in [-0.1, -0.05) is 36.7 Å². The van der Waals surface area contributed by atoms with E-state index in [1.807, 2.05) is 89.4 Å². The van der Waals surface area contributed by atoms with Crippen molar-refractivity contribution in [2.24, 2.45) is 5.14 Å². The summed E-state index contributed by atoms with van der Waals surface area (Å²) < 4.78 is 2.10. The fourth-order valence-electron chi connectivity index (χ4n) is 3.98. The van der Waals surface area contributed by atoms with Gasteiger partial charge in [0.05, 0.1) is 21.8 Å². The maximum Gasteiger partial charge on any atom is 0.195 e. The number of hydrogen-bond acceptors (Lipinski definition) is 7. The van der Waals surface area contributed by atoms with Crippen LogP contribution in [0.25, 0.3) is 5.52 Å². The van der Waals surface area contributed by atoms with Crippen LogP contribution in [-0.2, 0) is 16.0 Å². The van der Waals surface area contributed by atoms with Gasteiger partial charge < -0.3 is 24.6 Å². The highest BCUT2D eigenvalue weighted by molar-refractivity contribution is 8.15. The zero-order valence-corrected chi connectivity index (χ0v) is 22.6. The molecule has 0 aliphatic carbocycles. The molecule has 0 amide bonds. The second-order valence-electron chi connectivity index (χ2n) is 7.23. The summed E-state index contributed by atoms with van der Waals surface area (Å²) in [6.45, 7) is 9.99. The van der Waals surface area contributed by atoms with Crippen LogP contribution >= 0.6 is 22.0 Å². The molecule has 7 nitrogen and oxygen atoms in total. The first-order chi connectivity index (χ1) is 17.6. The predicted molar refractivity (Wildman–Crippen MR) is 155 cm³/mol. The second-order valence-corrected chi connectivity index (χ2v) is 9.79. The highest BCUT2D eigenvalue weighted by Gasteiger charge is 2.26. The Labute approximate surface area is 218 Å². The first-order valence-electron chi connectivity index (χ1n) is 11.3. The van der Waals surface area contributed by atoms with Gasteiger partial charge in [-0.25, -0.2) is 0 Å². The standard InChI is InChI=1S/C23H22N4OS2.C2H6.2CH2O/c1-14-21(23-26-18-9-8-15(25-2)12-20(18)30(23)24)22(28)17(13-16-6-5-11-29-16)19-7-3-4-10-27(14)19;3*1-2/h3-12,25-26H,13,24H2,1-2H3;1-2H3;2*1H2. The number of thiophene rings is 1. The smallest absolute Gasteiger partial charge is 0.195 e. The lowest BCUT2D eigenvalue weighted by Crippen LogP contribution is -2.27. The van der Waals surface area contributed by atoms with E-state index in [9.17, 15) is 4.79 Å². The SMILES string of the molecule is C=O.C=O.CC.CNc1ccc2c(c1)S(N)=C(c1c(C)n3ccccc3c(Cc3cccs3)c1=O)N2. The molecular weight excluding hydrogens is 492 g/mol. The van der Waals surface area contributed by atoms with Gasteiger partial charge in [0.1, 0.15) is 13.6 Å². The number of aryl methyl sites for hydroxylation is 1. The fourth-order valence-corrected chi connectivity index (χ4v) is 6.21. The number of rotatable bonds is 4. The van der Waals surface area contributed by atoms with Crippen LogP contribution in [-0.4, -0.2) is 30.0 Å². The number of aromatic nitrogens is 1. The van der Waals surface area contributed by atoms with E-state index in [-0.39, 0.29) is 5.43 Å². The molecule has 0 radical (unpaired) electrons.